The molecule has 0 fully saturated rings. The normalized spacial score (nSPS) is 12.6. The van der Waals surface area contributed by atoms with E-state index < -0.39 is 10.0 Å². The average molecular weight is 350 g/mol. The van der Waals surface area contributed by atoms with Crippen LogP contribution in [0.5, 0.6) is 0 Å². The molecule has 0 spiro atoms. The molecular weight excluding hydrogens is 332 g/mol. The van der Waals surface area contributed by atoms with E-state index in [1.165, 1.54) is 0 Å². The van der Waals surface area contributed by atoms with Crippen LogP contribution in [0.3, 0.4) is 0 Å². The van der Waals surface area contributed by atoms with Gasteiger partial charge in [-0.05, 0) is 41.0 Å². The molecule has 0 amide bonds. The van der Waals surface area contributed by atoms with Gasteiger partial charge in [-0.1, -0.05) is 54.6 Å². The molecule has 0 saturated carbocycles. The summed E-state index contributed by atoms with van der Waals surface area (Å²) in [5.41, 5.74) is 2.11. The van der Waals surface area contributed by atoms with Gasteiger partial charge in [0.1, 0.15) is 0 Å². The fraction of sp³-hybridized carbons (Fsp3) is 0.150. The molecule has 0 aliphatic rings. The van der Waals surface area contributed by atoms with Crippen LogP contribution in [0.15, 0.2) is 66.7 Å². The number of benzene rings is 3. The van der Waals surface area contributed by atoms with E-state index >= 15 is 0 Å². The van der Waals surface area contributed by atoms with Gasteiger partial charge in [0.2, 0.25) is 10.0 Å². The lowest BCUT2D eigenvalue weighted by atomic mass is 10.0. The largest absolute Gasteiger partial charge is 0.216 e. The first-order chi connectivity index (χ1) is 12.0. The molecule has 0 radical (unpaired) electrons. The Morgan fingerprint density at radius 3 is 2.40 bits per heavy atom. The molecule has 3 aromatic rings. The van der Waals surface area contributed by atoms with E-state index in [1.807, 2.05) is 55.5 Å². The third-order valence-electron chi connectivity index (χ3n) is 4.09. The quantitative estimate of drug-likeness (QED) is 0.759. The van der Waals surface area contributed by atoms with E-state index in [-0.39, 0.29) is 11.8 Å². The zero-order valence-corrected chi connectivity index (χ0v) is 14.6. The van der Waals surface area contributed by atoms with E-state index in [2.05, 4.69) is 4.72 Å². The van der Waals surface area contributed by atoms with Crippen LogP contribution in [0, 0.1) is 11.3 Å². The molecule has 4 nitrogen and oxygen atoms in total. The van der Waals surface area contributed by atoms with Gasteiger partial charge < -0.3 is 0 Å². The SMILES string of the molecule is CC(NS(=O)(=O)Cc1ccc(C#N)cc1)c1cccc2ccccc12. The molecule has 0 saturated heterocycles. The lowest BCUT2D eigenvalue weighted by Crippen LogP contribution is -2.28. The zero-order valence-electron chi connectivity index (χ0n) is 13.8. The van der Waals surface area contributed by atoms with Crippen molar-refractivity contribution in [2.45, 2.75) is 18.7 Å². The summed E-state index contributed by atoms with van der Waals surface area (Å²) >= 11 is 0. The second kappa shape index (κ2) is 7.06. The van der Waals surface area contributed by atoms with Crippen LogP contribution in [0.2, 0.25) is 0 Å². The summed E-state index contributed by atoms with van der Waals surface area (Å²) in [5, 5.41) is 10.9. The molecule has 126 valence electrons. The second-order valence-electron chi connectivity index (χ2n) is 5.98. The number of fused-ring (bicyclic) bond motifs is 1. The number of sulfonamides is 1. The molecule has 1 N–H and O–H groups in total. The monoisotopic (exact) mass is 350 g/mol. The van der Waals surface area contributed by atoms with E-state index in [0.29, 0.717) is 11.1 Å². The van der Waals surface area contributed by atoms with Crippen LogP contribution in [0.1, 0.15) is 29.7 Å². The predicted molar refractivity (Wildman–Crippen MR) is 99.3 cm³/mol. The van der Waals surface area contributed by atoms with E-state index in [0.717, 1.165) is 16.3 Å². The van der Waals surface area contributed by atoms with Gasteiger partial charge in [-0.25, -0.2) is 13.1 Å². The molecule has 25 heavy (non-hydrogen) atoms. The number of rotatable bonds is 5. The highest BCUT2D eigenvalue weighted by Crippen LogP contribution is 2.24. The summed E-state index contributed by atoms with van der Waals surface area (Å²) in [4.78, 5) is 0. The minimum atomic E-state index is -3.50. The highest BCUT2D eigenvalue weighted by Gasteiger charge is 2.18. The molecule has 0 aliphatic carbocycles. The molecule has 1 unspecified atom stereocenters. The van der Waals surface area contributed by atoms with E-state index in [4.69, 9.17) is 5.26 Å². The summed E-state index contributed by atoms with van der Waals surface area (Å²) in [5.74, 6) is -0.117. The maximum Gasteiger partial charge on any atom is 0.216 e. The average Bonchev–Trinajstić information content (AvgIpc) is 2.61. The highest BCUT2D eigenvalue weighted by atomic mass is 32.2. The molecule has 1 atom stereocenters. The van der Waals surface area contributed by atoms with Gasteiger partial charge in [-0.15, -0.1) is 0 Å². The number of nitrogens with zero attached hydrogens (tertiary/aromatic N) is 1. The van der Waals surface area contributed by atoms with Gasteiger partial charge >= 0.3 is 0 Å². The zero-order chi connectivity index (χ0) is 17.9. The Morgan fingerprint density at radius 1 is 1.00 bits per heavy atom. The van der Waals surface area contributed by atoms with Crippen LogP contribution < -0.4 is 4.72 Å². The molecule has 0 aromatic heterocycles. The lowest BCUT2D eigenvalue weighted by Gasteiger charge is -2.17. The molecule has 3 aromatic carbocycles. The highest BCUT2D eigenvalue weighted by molar-refractivity contribution is 7.88. The molecular formula is C20H18N2O2S. The van der Waals surface area contributed by atoms with Gasteiger partial charge in [0, 0.05) is 6.04 Å². The summed E-state index contributed by atoms with van der Waals surface area (Å²) in [7, 11) is -3.50. The fourth-order valence-electron chi connectivity index (χ4n) is 2.90. The molecule has 0 aliphatic heterocycles. The Morgan fingerprint density at radius 2 is 1.68 bits per heavy atom. The summed E-state index contributed by atoms with van der Waals surface area (Å²) in [6, 6.07) is 22.1. The maximum absolute atomic E-state index is 12.5. The first kappa shape index (κ1) is 17.2. The van der Waals surface area contributed by atoms with Crippen LogP contribution in [-0.4, -0.2) is 8.42 Å². The topological polar surface area (TPSA) is 70.0 Å². The van der Waals surface area contributed by atoms with Crippen molar-refractivity contribution in [2.75, 3.05) is 0 Å². The third-order valence-corrected chi connectivity index (χ3v) is 5.51. The first-order valence-electron chi connectivity index (χ1n) is 7.95. The van der Waals surface area contributed by atoms with Gasteiger partial charge in [0.15, 0.2) is 0 Å². The minimum absolute atomic E-state index is 0.117. The van der Waals surface area contributed by atoms with Gasteiger partial charge in [0.05, 0.1) is 17.4 Å². The molecule has 3 rings (SSSR count). The predicted octanol–water partition coefficient (Wildman–Crippen LogP) is 3.89. The maximum atomic E-state index is 12.5. The van der Waals surface area contributed by atoms with Crippen LogP contribution in [-0.2, 0) is 15.8 Å². The minimum Gasteiger partial charge on any atom is -0.212 e. The van der Waals surface area contributed by atoms with Crippen LogP contribution >= 0.6 is 0 Å². The van der Waals surface area contributed by atoms with Gasteiger partial charge in [-0.3, -0.25) is 0 Å². The Kier molecular flexibility index (Phi) is 4.84. The van der Waals surface area contributed by atoms with Crippen molar-refractivity contribution in [3.63, 3.8) is 0 Å². The Labute approximate surface area is 147 Å². The molecule has 0 bridgehead atoms. The Bertz CT molecular complexity index is 1030. The lowest BCUT2D eigenvalue weighted by molar-refractivity contribution is 0.567. The van der Waals surface area contributed by atoms with E-state index in [1.54, 1.807) is 24.3 Å². The number of hydrogen-bond acceptors (Lipinski definition) is 3. The molecule has 0 heterocycles. The third kappa shape index (κ3) is 4.05. The Hall–Kier alpha value is -2.68. The van der Waals surface area contributed by atoms with Crippen molar-refractivity contribution < 1.29 is 8.42 Å². The van der Waals surface area contributed by atoms with Crippen molar-refractivity contribution in [1.29, 1.82) is 5.26 Å². The van der Waals surface area contributed by atoms with Crippen molar-refractivity contribution in [2.24, 2.45) is 0 Å². The van der Waals surface area contributed by atoms with Crippen LogP contribution in [0.4, 0.5) is 0 Å². The number of nitrogens with one attached hydrogen (secondary N) is 1. The number of hydrogen-bond donors (Lipinski definition) is 1. The second-order valence-corrected chi connectivity index (χ2v) is 7.73. The summed E-state index contributed by atoms with van der Waals surface area (Å²) in [6.45, 7) is 1.85. The fourth-order valence-corrected chi connectivity index (χ4v) is 4.28. The van der Waals surface area contributed by atoms with Crippen molar-refractivity contribution in [3.05, 3.63) is 83.4 Å². The summed E-state index contributed by atoms with van der Waals surface area (Å²) < 4.78 is 27.7. The molecule has 5 heteroatoms. The summed E-state index contributed by atoms with van der Waals surface area (Å²) in [6.07, 6.45) is 0. The van der Waals surface area contributed by atoms with Gasteiger partial charge in [0.25, 0.3) is 0 Å². The smallest absolute Gasteiger partial charge is 0.212 e. The van der Waals surface area contributed by atoms with Crippen LogP contribution in [0.25, 0.3) is 10.8 Å². The van der Waals surface area contributed by atoms with Crippen molar-refractivity contribution >= 4 is 20.8 Å². The standard InChI is InChI=1S/C20H18N2O2S/c1-15(19-8-4-6-18-5-2-3-7-20(18)19)22-25(23,24)14-17-11-9-16(13-21)10-12-17/h2-12,15,22H,14H2,1H3. The number of nitriles is 1. The van der Waals surface area contributed by atoms with E-state index in [9.17, 15) is 8.42 Å². The first-order valence-corrected chi connectivity index (χ1v) is 9.60. The Balaban J connectivity index is 1.80. The van der Waals surface area contributed by atoms with Gasteiger partial charge in [-0.2, -0.15) is 5.26 Å². The van der Waals surface area contributed by atoms with Crippen molar-refractivity contribution in [3.8, 4) is 6.07 Å². The van der Waals surface area contributed by atoms with Crippen molar-refractivity contribution in [1.82, 2.24) is 4.72 Å².